The summed E-state index contributed by atoms with van der Waals surface area (Å²) in [7, 11) is 5.14. The van der Waals surface area contributed by atoms with Gasteiger partial charge in [-0.3, -0.25) is 23.6 Å². The van der Waals surface area contributed by atoms with Crippen LogP contribution in [0.25, 0.3) is 11.0 Å². The zero-order chi connectivity index (χ0) is 21.0. The summed E-state index contributed by atoms with van der Waals surface area (Å²) in [6, 6.07) is 5.17. The predicted molar refractivity (Wildman–Crippen MR) is 111 cm³/mol. The molecule has 8 nitrogen and oxygen atoms in total. The number of rotatable bonds is 9. The van der Waals surface area contributed by atoms with Gasteiger partial charge in [0.2, 0.25) is 5.91 Å². The fraction of sp³-hybridized carbons (Fsp3) is 0.571. The van der Waals surface area contributed by atoms with Crippen LogP contribution in [-0.4, -0.2) is 59.7 Å². The van der Waals surface area contributed by atoms with Gasteiger partial charge in [0.25, 0.3) is 5.91 Å². The van der Waals surface area contributed by atoms with Crippen LogP contribution in [0.5, 0.6) is 0 Å². The maximum Gasteiger partial charge on any atom is 0.329 e. The third-order valence-electron chi connectivity index (χ3n) is 5.57. The lowest BCUT2D eigenvalue weighted by Gasteiger charge is -2.28. The number of imidazole rings is 1. The molecule has 1 unspecified atom stereocenters. The Hall–Kier alpha value is -2.45. The van der Waals surface area contributed by atoms with Crippen molar-refractivity contribution >= 4 is 22.8 Å². The van der Waals surface area contributed by atoms with Gasteiger partial charge in [-0.1, -0.05) is 12.1 Å². The van der Waals surface area contributed by atoms with E-state index < -0.39 is 6.04 Å². The second kappa shape index (κ2) is 9.37. The molecule has 1 N–H and O–H groups in total. The van der Waals surface area contributed by atoms with Crippen molar-refractivity contribution in [3.8, 4) is 0 Å². The fourth-order valence-corrected chi connectivity index (χ4v) is 3.98. The molecule has 1 fully saturated rings. The number of amides is 2. The SMILES string of the molecule is CNCCCOCCCc1cccc2c1n(C)c(=O)n2C1CCC(=O)N(C)C1=O. The zero-order valence-electron chi connectivity index (χ0n) is 17.4. The van der Waals surface area contributed by atoms with Gasteiger partial charge in [-0.15, -0.1) is 0 Å². The van der Waals surface area contributed by atoms with E-state index in [2.05, 4.69) is 5.32 Å². The highest BCUT2D eigenvalue weighted by Gasteiger charge is 2.35. The molecular formula is C21H30N4O4. The van der Waals surface area contributed by atoms with E-state index in [9.17, 15) is 14.4 Å². The van der Waals surface area contributed by atoms with E-state index in [1.54, 1.807) is 16.2 Å². The topological polar surface area (TPSA) is 85.6 Å². The molecule has 2 heterocycles. The Kier molecular flexibility index (Phi) is 6.87. The summed E-state index contributed by atoms with van der Waals surface area (Å²) in [6.07, 6.45) is 3.25. The van der Waals surface area contributed by atoms with Crippen molar-refractivity contribution in [1.82, 2.24) is 19.4 Å². The minimum absolute atomic E-state index is 0.199. The molecule has 1 atom stereocenters. The van der Waals surface area contributed by atoms with Crippen molar-refractivity contribution < 1.29 is 14.3 Å². The number of carbonyl (C=O) groups excluding carboxylic acids is 2. The van der Waals surface area contributed by atoms with E-state index in [1.807, 2.05) is 25.2 Å². The summed E-state index contributed by atoms with van der Waals surface area (Å²) in [5.41, 5.74) is 2.43. The van der Waals surface area contributed by atoms with Crippen LogP contribution in [0.4, 0.5) is 0 Å². The molecular weight excluding hydrogens is 372 g/mol. The fourth-order valence-electron chi connectivity index (χ4n) is 3.98. The highest BCUT2D eigenvalue weighted by atomic mass is 16.5. The van der Waals surface area contributed by atoms with Crippen LogP contribution in [0.2, 0.25) is 0 Å². The van der Waals surface area contributed by atoms with Crippen molar-refractivity contribution in [3.05, 3.63) is 34.2 Å². The van der Waals surface area contributed by atoms with Crippen molar-refractivity contribution in [2.45, 2.75) is 38.1 Å². The molecule has 0 radical (unpaired) electrons. The number of aryl methyl sites for hydroxylation is 2. The van der Waals surface area contributed by atoms with Gasteiger partial charge in [-0.25, -0.2) is 4.79 Å². The van der Waals surface area contributed by atoms with Crippen molar-refractivity contribution in [3.63, 3.8) is 0 Å². The molecule has 2 aromatic rings. The minimum atomic E-state index is -0.639. The number of para-hydroxylation sites is 1. The number of hydrogen-bond acceptors (Lipinski definition) is 5. The molecule has 1 saturated heterocycles. The smallest absolute Gasteiger partial charge is 0.329 e. The number of imide groups is 1. The van der Waals surface area contributed by atoms with Crippen LogP contribution in [0.15, 0.2) is 23.0 Å². The molecule has 1 aliphatic heterocycles. The summed E-state index contributed by atoms with van der Waals surface area (Å²) >= 11 is 0. The Bertz CT molecular complexity index is 946. The van der Waals surface area contributed by atoms with Crippen molar-refractivity contribution in [2.75, 3.05) is 33.9 Å². The average Bonchev–Trinajstić information content (AvgIpc) is 2.97. The van der Waals surface area contributed by atoms with E-state index in [4.69, 9.17) is 4.74 Å². The van der Waals surface area contributed by atoms with Gasteiger partial charge in [0.15, 0.2) is 0 Å². The van der Waals surface area contributed by atoms with Gasteiger partial charge in [0.05, 0.1) is 11.0 Å². The monoisotopic (exact) mass is 402 g/mol. The standard InChI is InChI=1S/C21H30N4O4/c1-22-12-6-14-29-13-5-8-15-7-4-9-16-19(15)24(3)21(28)25(16)17-10-11-18(26)23(2)20(17)27/h4,7,9,17,22H,5-6,8,10-14H2,1-3H3. The second-order valence-corrected chi connectivity index (χ2v) is 7.51. The van der Waals surface area contributed by atoms with E-state index in [-0.39, 0.29) is 23.9 Å². The number of ether oxygens (including phenoxy) is 1. The lowest BCUT2D eigenvalue weighted by atomic mass is 10.0. The van der Waals surface area contributed by atoms with E-state index in [0.29, 0.717) is 13.0 Å². The number of likely N-dealkylation sites (tertiary alicyclic amines) is 1. The summed E-state index contributed by atoms with van der Waals surface area (Å²) in [6.45, 7) is 2.34. The number of likely N-dealkylation sites (N-methyl/N-ethyl adjacent to an activating group) is 1. The number of nitrogens with one attached hydrogen (secondary N) is 1. The van der Waals surface area contributed by atoms with E-state index in [0.717, 1.165) is 53.9 Å². The third kappa shape index (κ3) is 4.28. The molecule has 1 aliphatic rings. The van der Waals surface area contributed by atoms with Gasteiger partial charge >= 0.3 is 5.69 Å². The minimum Gasteiger partial charge on any atom is -0.381 e. The molecule has 3 rings (SSSR count). The van der Waals surface area contributed by atoms with Gasteiger partial charge in [0, 0.05) is 33.7 Å². The summed E-state index contributed by atoms with van der Waals surface area (Å²) in [5.74, 6) is -0.522. The second-order valence-electron chi connectivity index (χ2n) is 7.51. The molecule has 1 aromatic heterocycles. The van der Waals surface area contributed by atoms with Crippen LogP contribution in [0.3, 0.4) is 0 Å². The Balaban J connectivity index is 1.81. The number of fused-ring (bicyclic) bond motifs is 1. The van der Waals surface area contributed by atoms with E-state index >= 15 is 0 Å². The van der Waals surface area contributed by atoms with Crippen molar-refractivity contribution in [2.24, 2.45) is 7.05 Å². The zero-order valence-corrected chi connectivity index (χ0v) is 17.4. The highest BCUT2D eigenvalue weighted by molar-refractivity contribution is 6.00. The first-order chi connectivity index (χ1) is 14.0. The first-order valence-corrected chi connectivity index (χ1v) is 10.2. The number of aromatic nitrogens is 2. The quantitative estimate of drug-likeness (QED) is 0.504. The molecule has 0 spiro atoms. The van der Waals surface area contributed by atoms with Gasteiger partial charge < -0.3 is 10.1 Å². The predicted octanol–water partition coefficient (Wildman–Crippen LogP) is 1.22. The largest absolute Gasteiger partial charge is 0.381 e. The first kappa shape index (κ1) is 21.3. The number of piperidine rings is 1. The maximum atomic E-state index is 13.0. The molecule has 0 bridgehead atoms. The van der Waals surface area contributed by atoms with Gasteiger partial charge in [0.1, 0.15) is 6.04 Å². The molecule has 1 aromatic carbocycles. The molecule has 0 saturated carbocycles. The van der Waals surface area contributed by atoms with Crippen LogP contribution in [0.1, 0.15) is 37.3 Å². The van der Waals surface area contributed by atoms with Crippen LogP contribution in [0, 0.1) is 0 Å². The van der Waals surface area contributed by atoms with Crippen molar-refractivity contribution in [1.29, 1.82) is 0 Å². The summed E-state index contributed by atoms with van der Waals surface area (Å²) in [5, 5.41) is 3.09. The molecule has 2 amide bonds. The maximum absolute atomic E-state index is 13.0. The Morgan fingerprint density at radius 2 is 1.90 bits per heavy atom. The Morgan fingerprint density at radius 1 is 1.14 bits per heavy atom. The Labute approximate surface area is 170 Å². The van der Waals surface area contributed by atoms with Gasteiger partial charge in [-0.05, 0) is 50.9 Å². The average molecular weight is 402 g/mol. The summed E-state index contributed by atoms with van der Waals surface area (Å²) in [4.78, 5) is 38.6. The van der Waals surface area contributed by atoms with Crippen LogP contribution >= 0.6 is 0 Å². The normalized spacial score (nSPS) is 17.5. The molecule has 29 heavy (non-hydrogen) atoms. The number of carbonyl (C=O) groups is 2. The summed E-state index contributed by atoms with van der Waals surface area (Å²) < 4.78 is 8.83. The first-order valence-electron chi connectivity index (χ1n) is 10.2. The molecule has 158 valence electrons. The lowest BCUT2D eigenvalue weighted by molar-refractivity contribution is -0.149. The number of hydrogen-bond donors (Lipinski definition) is 1. The lowest BCUT2D eigenvalue weighted by Crippen LogP contribution is -2.45. The third-order valence-corrected chi connectivity index (χ3v) is 5.57. The molecule has 0 aliphatic carbocycles. The van der Waals surface area contributed by atoms with Crippen LogP contribution in [-0.2, 0) is 27.8 Å². The highest BCUT2D eigenvalue weighted by Crippen LogP contribution is 2.27. The number of benzene rings is 1. The van der Waals surface area contributed by atoms with Crippen LogP contribution < -0.4 is 11.0 Å². The molecule has 8 heteroatoms. The number of nitrogens with zero attached hydrogens (tertiary/aromatic N) is 3. The van der Waals surface area contributed by atoms with Gasteiger partial charge in [-0.2, -0.15) is 0 Å². The Morgan fingerprint density at radius 3 is 2.66 bits per heavy atom. The van der Waals surface area contributed by atoms with E-state index in [1.165, 1.54) is 7.05 Å².